The first-order chi connectivity index (χ1) is 10.6. The monoisotopic (exact) mass is 310 g/mol. The summed E-state index contributed by atoms with van der Waals surface area (Å²) in [5.74, 6) is 0.868. The number of piperidine rings is 1. The van der Waals surface area contributed by atoms with Crippen molar-refractivity contribution in [3.63, 3.8) is 0 Å². The topological polar surface area (TPSA) is 52.6 Å². The first-order valence-corrected chi connectivity index (χ1v) is 9.23. The van der Waals surface area contributed by atoms with E-state index in [4.69, 9.17) is 0 Å². The standard InChI is InChI=1S/C18H34N2O2/c1-3-18(14-21)9-11-20(12-10-18)15(2)17(22)19-13-16-7-5-4-6-8-16/h15-16,21H,3-14H2,1-2H3,(H,19,22). The van der Waals surface area contributed by atoms with Crippen LogP contribution in [0.1, 0.15) is 65.2 Å². The molecule has 1 heterocycles. The summed E-state index contributed by atoms with van der Waals surface area (Å²) >= 11 is 0. The van der Waals surface area contributed by atoms with E-state index in [9.17, 15) is 9.90 Å². The average Bonchev–Trinajstić information content (AvgIpc) is 2.60. The number of hydrogen-bond acceptors (Lipinski definition) is 3. The molecule has 1 aliphatic heterocycles. The Morgan fingerprint density at radius 3 is 2.45 bits per heavy atom. The molecule has 1 aliphatic carbocycles. The van der Waals surface area contributed by atoms with E-state index >= 15 is 0 Å². The molecule has 2 N–H and O–H groups in total. The van der Waals surface area contributed by atoms with E-state index in [0.717, 1.165) is 38.9 Å². The molecule has 0 aromatic carbocycles. The van der Waals surface area contributed by atoms with Crippen molar-refractivity contribution in [3.8, 4) is 0 Å². The lowest BCUT2D eigenvalue weighted by molar-refractivity contribution is -0.127. The second-order valence-corrected chi connectivity index (χ2v) is 7.47. The van der Waals surface area contributed by atoms with Crippen LogP contribution in [0.2, 0.25) is 0 Å². The van der Waals surface area contributed by atoms with E-state index in [-0.39, 0.29) is 24.0 Å². The third kappa shape index (κ3) is 4.45. The predicted molar refractivity (Wildman–Crippen MR) is 89.7 cm³/mol. The summed E-state index contributed by atoms with van der Waals surface area (Å²) in [6, 6.07) is -0.0443. The van der Waals surface area contributed by atoms with Gasteiger partial charge in [-0.1, -0.05) is 26.2 Å². The van der Waals surface area contributed by atoms with Crippen molar-refractivity contribution in [2.45, 2.75) is 71.3 Å². The first-order valence-electron chi connectivity index (χ1n) is 9.23. The molecule has 0 radical (unpaired) electrons. The highest BCUT2D eigenvalue weighted by Crippen LogP contribution is 2.34. The number of likely N-dealkylation sites (tertiary alicyclic amines) is 1. The van der Waals surface area contributed by atoms with E-state index in [1.807, 2.05) is 6.92 Å². The molecule has 2 aliphatic rings. The summed E-state index contributed by atoms with van der Waals surface area (Å²) in [5.41, 5.74) is 0.0921. The molecular formula is C18H34N2O2. The molecule has 4 nitrogen and oxygen atoms in total. The molecule has 0 aromatic rings. The number of carbonyl (C=O) groups excluding carboxylic acids is 1. The second kappa shape index (κ2) is 8.30. The Labute approximate surface area is 135 Å². The van der Waals surface area contributed by atoms with Crippen molar-refractivity contribution in [1.29, 1.82) is 0 Å². The smallest absolute Gasteiger partial charge is 0.237 e. The van der Waals surface area contributed by atoms with Gasteiger partial charge in [-0.25, -0.2) is 0 Å². The second-order valence-electron chi connectivity index (χ2n) is 7.47. The normalized spacial score (nSPS) is 24.9. The zero-order chi connectivity index (χ0) is 16.0. The minimum absolute atomic E-state index is 0.0443. The molecule has 1 unspecified atom stereocenters. The molecule has 1 saturated heterocycles. The van der Waals surface area contributed by atoms with E-state index in [1.54, 1.807) is 0 Å². The third-order valence-electron chi connectivity index (χ3n) is 6.16. The Bertz CT molecular complexity index is 339. The van der Waals surface area contributed by atoms with Crippen LogP contribution < -0.4 is 5.32 Å². The van der Waals surface area contributed by atoms with Gasteiger partial charge in [0.25, 0.3) is 0 Å². The summed E-state index contributed by atoms with van der Waals surface area (Å²) in [6.07, 6.45) is 9.57. The van der Waals surface area contributed by atoms with Gasteiger partial charge in [0.15, 0.2) is 0 Å². The maximum atomic E-state index is 12.4. The fourth-order valence-electron chi connectivity index (χ4n) is 3.96. The molecule has 2 fully saturated rings. The minimum atomic E-state index is -0.0443. The summed E-state index contributed by atoms with van der Waals surface area (Å²) in [5, 5.41) is 12.8. The van der Waals surface area contributed by atoms with Crippen molar-refractivity contribution < 1.29 is 9.90 Å². The molecule has 22 heavy (non-hydrogen) atoms. The van der Waals surface area contributed by atoms with Gasteiger partial charge in [0, 0.05) is 13.2 Å². The highest BCUT2D eigenvalue weighted by Gasteiger charge is 2.35. The lowest BCUT2D eigenvalue weighted by Crippen LogP contribution is -2.51. The quantitative estimate of drug-likeness (QED) is 0.793. The lowest BCUT2D eigenvalue weighted by Gasteiger charge is -2.42. The maximum Gasteiger partial charge on any atom is 0.237 e. The maximum absolute atomic E-state index is 12.4. The number of rotatable bonds is 6. The van der Waals surface area contributed by atoms with Gasteiger partial charge >= 0.3 is 0 Å². The Morgan fingerprint density at radius 2 is 1.91 bits per heavy atom. The molecule has 1 saturated carbocycles. The number of nitrogens with zero attached hydrogens (tertiary/aromatic N) is 1. The van der Waals surface area contributed by atoms with Crippen LogP contribution in [0.15, 0.2) is 0 Å². The molecule has 1 amide bonds. The van der Waals surface area contributed by atoms with Crippen LogP contribution in [0.5, 0.6) is 0 Å². The highest BCUT2D eigenvalue weighted by molar-refractivity contribution is 5.81. The molecule has 128 valence electrons. The van der Waals surface area contributed by atoms with Crippen LogP contribution in [-0.4, -0.2) is 48.2 Å². The lowest BCUT2D eigenvalue weighted by atomic mass is 9.76. The van der Waals surface area contributed by atoms with Gasteiger partial charge in [-0.3, -0.25) is 9.69 Å². The van der Waals surface area contributed by atoms with Crippen molar-refractivity contribution >= 4 is 5.91 Å². The number of carbonyl (C=O) groups is 1. The number of hydrogen-bond donors (Lipinski definition) is 2. The zero-order valence-corrected chi connectivity index (χ0v) is 14.4. The van der Waals surface area contributed by atoms with E-state index in [2.05, 4.69) is 17.1 Å². The Kier molecular flexibility index (Phi) is 6.69. The molecule has 0 aromatic heterocycles. The molecule has 0 bridgehead atoms. The molecular weight excluding hydrogens is 276 g/mol. The largest absolute Gasteiger partial charge is 0.396 e. The van der Waals surface area contributed by atoms with E-state index < -0.39 is 0 Å². The third-order valence-corrected chi connectivity index (χ3v) is 6.16. The van der Waals surface area contributed by atoms with E-state index in [1.165, 1.54) is 32.1 Å². The van der Waals surface area contributed by atoms with Gasteiger partial charge in [-0.2, -0.15) is 0 Å². The molecule has 0 spiro atoms. The van der Waals surface area contributed by atoms with Gasteiger partial charge < -0.3 is 10.4 Å². The van der Waals surface area contributed by atoms with Gasteiger partial charge in [0.2, 0.25) is 5.91 Å². The van der Waals surface area contributed by atoms with Crippen molar-refractivity contribution in [1.82, 2.24) is 10.2 Å². The molecule has 4 heteroatoms. The summed E-state index contributed by atoms with van der Waals surface area (Å²) in [4.78, 5) is 14.7. The van der Waals surface area contributed by atoms with Crippen LogP contribution in [0.3, 0.4) is 0 Å². The fourth-order valence-corrected chi connectivity index (χ4v) is 3.96. The first kappa shape index (κ1) is 17.7. The summed E-state index contributed by atoms with van der Waals surface area (Å²) in [6.45, 7) is 7.16. The molecule has 1 atom stereocenters. The number of aliphatic hydroxyl groups excluding tert-OH is 1. The zero-order valence-electron chi connectivity index (χ0n) is 14.4. The Balaban J connectivity index is 1.74. The summed E-state index contributed by atoms with van der Waals surface area (Å²) in [7, 11) is 0. The highest BCUT2D eigenvalue weighted by atomic mass is 16.3. The number of nitrogens with one attached hydrogen (secondary N) is 1. The number of amides is 1. The van der Waals surface area contributed by atoms with Crippen LogP contribution in [-0.2, 0) is 4.79 Å². The van der Waals surface area contributed by atoms with Crippen molar-refractivity contribution in [2.24, 2.45) is 11.3 Å². The Hall–Kier alpha value is -0.610. The fraction of sp³-hybridized carbons (Fsp3) is 0.944. The average molecular weight is 310 g/mol. The van der Waals surface area contributed by atoms with Gasteiger partial charge in [-0.15, -0.1) is 0 Å². The van der Waals surface area contributed by atoms with Crippen LogP contribution in [0.25, 0.3) is 0 Å². The van der Waals surface area contributed by atoms with E-state index in [0.29, 0.717) is 5.92 Å². The van der Waals surface area contributed by atoms with Crippen molar-refractivity contribution in [2.75, 3.05) is 26.2 Å². The predicted octanol–water partition coefficient (Wildman–Crippen LogP) is 2.56. The summed E-state index contributed by atoms with van der Waals surface area (Å²) < 4.78 is 0. The van der Waals surface area contributed by atoms with Gasteiger partial charge in [0.1, 0.15) is 0 Å². The van der Waals surface area contributed by atoms with Gasteiger partial charge in [-0.05, 0) is 63.5 Å². The molecule has 2 rings (SSSR count). The SMILES string of the molecule is CCC1(CO)CCN(C(C)C(=O)NCC2CCCCC2)CC1. The van der Waals surface area contributed by atoms with Gasteiger partial charge in [0.05, 0.1) is 6.04 Å². The minimum Gasteiger partial charge on any atom is -0.396 e. The Morgan fingerprint density at radius 1 is 1.27 bits per heavy atom. The van der Waals surface area contributed by atoms with Crippen LogP contribution >= 0.6 is 0 Å². The van der Waals surface area contributed by atoms with Crippen molar-refractivity contribution in [3.05, 3.63) is 0 Å². The number of aliphatic hydroxyl groups is 1. The van der Waals surface area contributed by atoms with Crippen LogP contribution in [0.4, 0.5) is 0 Å². The van der Waals surface area contributed by atoms with Crippen LogP contribution in [0, 0.1) is 11.3 Å².